The quantitative estimate of drug-likeness (QED) is 0.869. The molecule has 2 aromatic carbocycles. The van der Waals surface area contributed by atoms with E-state index < -0.39 is 0 Å². The van der Waals surface area contributed by atoms with Gasteiger partial charge in [0.2, 0.25) is 0 Å². The molecular formula is C22H24N2O3. The standard InChI is InChI=1S/C22H24N2O3/c1-5-27-16-10-17-13(2)12-22(3,4)24-20(17)18(11-16)19(21(24)26)23-14-6-8-15(25)9-7-14/h6-11,13,25H,5,12H2,1-4H3. The van der Waals surface area contributed by atoms with Crippen LogP contribution in [0.25, 0.3) is 0 Å². The number of aromatic hydroxyl groups is 1. The number of benzene rings is 2. The second kappa shape index (κ2) is 6.12. The summed E-state index contributed by atoms with van der Waals surface area (Å²) in [6.07, 6.45) is 0.882. The molecule has 1 N–H and O–H groups in total. The van der Waals surface area contributed by atoms with Gasteiger partial charge >= 0.3 is 0 Å². The average Bonchev–Trinajstić information content (AvgIpc) is 2.88. The summed E-state index contributed by atoms with van der Waals surface area (Å²) in [5, 5.41) is 9.51. The van der Waals surface area contributed by atoms with Gasteiger partial charge in [-0.2, -0.15) is 0 Å². The molecule has 0 aliphatic carbocycles. The third-order valence-corrected chi connectivity index (χ3v) is 5.34. The number of aliphatic imine (C=N–C) groups is 1. The molecular weight excluding hydrogens is 340 g/mol. The smallest absolute Gasteiger partial charge is 0.278 e. The van der Waals surface area contributed by atoms with Crippen LogP contribution in [0.15, 0.2) is 41.4 Å². The molecule has 5 nitrogen and oxygen atoms in total. The second-order valence-corrected chi connectivity index (χ2v) is 7.88. The van der Waals surface area contributed by atoms with Gasteiger partial charge in [-0.25, -0.2) is 4.99 Å². The van der Waals surface area contributed by atoms with Crippen LogP contribution in [0, 0.1) is 0 Å². The Bertz CT molecular complexity index is 945. The summed E-state index contributed by atoms with van der Waals surface area (Å²) in [6.45, 7) is 8.93. The van der Waals surface area contributed by atoms with Gasteiger partial charge in [0, 0.05) is 11.1 Å². The molecule has 0 fully saturated rings. The molecule has 2 heterocycles. The molecule has 2 aliphatic rings. The van der Waals surface area contributed by atoms with E-state index in [0.717, 1.165) is 29.0 Å². The van der Waals surface area contributed by atoms with Crippen LogP contribution in [0.3, 0.4) is 0 Å². The molecule has 1 amide bonds. The topological polar surface area (TPSA) is 62.1 Å². The minimum absolute atomic E-state index is 0.0788. The number of nitrogens with zero attached hydrogens (tertiary/aromatic N) is 2. The first-order valence-corrected chi connectivity index (χ1v) is 9.35. The van der Waals surface area contributed by atoms with Crippen molar-refractivity contribution in [1.82, 2.24) is 0 Å². The van der Waals surface area contributed by atoms with Crippen molar-refractivity contribution in [2.45, 2.75) is 45.6 Å². The monoisotopic (exact) mass is 364 g/mol. The van der Waals surface area contributed by atoms with Crippen molar-refractivity contribution in [2.75, 3.05) is 11.5 Å². The van der Waals surface area contributed by atoms with E-state index in [0.29, 0.717) is 23.9 Å². The van der Waals surface area contributed by atoms with E-state index in [9.17, 15) is 9.90 Å². The Morgan fingerprint density at radius 3 is 2.63 bits per heavy atom. The van der Waals surface area contributed by atoms with Crippen molar-refractivity contribution < 1.29 is 14.6 Å². The number of phenols is 1. The summed E-state index contributed by atoms with van der Waals surface area (Å²) in [7, 11) is 0. The van der Waals surface area contributed by atoms with Crippen molar-refractivity contribution in [3.05, 3.63) is 47.5 Å². The van der Waals surface area contributed by atoms with E-state index in [1.54, 1.807) is 24.3 Å². The summed E-state index contributed by atoms with van der Waals surface area (Å²) in [5.74, 6) is 1.19. The fraction of sp³-hybridized carbons (Fsp3) is 0.364. The van der Waals surface area contributed by atoms with Crippen LogP contribution in [0.1, 0.15) is 51.2 Å². The lowest BCUT2D eigenvalue weighted by Gasteiger charge is -2.43. The lowest BCUT2D eigenvalue weighted by Crippen LogP contribution is -2.50. The second-order valence-electron chi connectivity index (χ2n) is 7.88. The molecule has 2 aliphatic heterocycles. The van der Waals surface area contributed by atoms with Crippen molar-refractivity contribution >= 4 is 23.0 Å². The van der Waals surface area contributed by atoms with Crippen molar-refractivity contribution in [1.29, 1.82) is 0 Å². The number of amides is 1. The Morgan fingerprint density at radius 1 is 1.26 bits per heavy atom. The van der Waals surface area contributed by atoms with Gasteiger partial charge in [0.05, 0.1) is 18.0 Å². The van der Waals surface area contributed by atoms with E-state index in [1.165, 1.54) is 0 Å². The minimum Gasteiger partial charge on any atom is -0.508 e. The van der Waals surface area contributed by atoms with Crippen LogP contribution in [0.2, 0.25) is 0 Å². The normalized spacial score (nSPS) is 21.5. The van der Waals surface area contributed by atoms with Crippen LogP contribution in [-0.4, -0.2) is 28.9 Å². The minimum atomic E-state index is -0.280. The molecule has 4 rings (SSSR count). The van der Waals surface area contributed by atoms with Crippen molar-refractivity contribution in [2.24, 2.45) is 4.99 Å². The van der Waals surface area contributed by atoms with E-state index in [-0.39, 0.29) is 17.2 Å². The first-order valence-electron chi connectivity index (χ1n) is 9.35. The number of phenolic OH excluding ortho intramolecular Hbond substituents is 1. The fourth-order valence-electron chi connectivity index (χ4n) is 4.30. The fourth-order valence-corrected chi connectivity index (χ4v) is 4.30. The lowest BCUT2D eigenvalue weighted by atomic mass is 9.80. The van der Waals surface area contributed by atoms with E-state index >= 15 is 0 Å². The molecule has 0 saturated carbocycles. The largest absolute Gasteiger partial charge is 0.508 e. The summed E-state index contributed by atoms with van der Waals surface area (Å²) in [6, 6.07) is 10.5. The third kappa shape index (κ3) is 2.78. The Balaban J connectivity index is 1.94. The van der Waals surface area contributed by atoms with Gasteiger partial charge in [-0.3, -0.25) is 4.79 Å². The van der Waals surface area contributed by atoms with Crippen LogP contribution >= 0.6 is 0 Å². The molecule has 0 aromatic heterocycles. The number of anilines is 1. The molecule has 27 heavy (non-hydrogen) atoms. The zero-order valence-electron chi connectivity index (χ0n) is 16.1. The van der Waals surface area contributed by atoms with Crippen LogP contribution in [-0.2, 0) is 4.79 Å². The van der Waals surface area contributed by atoms with Crippen LogP contribution in [0.4, 0.5) is 11.4 Å². The molecule has 0 spiro atoms. The summed E-state index contributed by atoms with van der Waals surface area (Å²) in [5.41, 5.74) is 3.72. The predicted molar refractivity (Wildman–Crippen MR) is 107 cm³/mol. The highest BCUT2D eigenvalue weighted by Crippen LogP contribution is 2.50. The number of ether oxygens (including phenoxy) is 1. The zero-order chi connectivity index (χ0) is 19.3. The van der Waals surface area contributed by atoms with Gasteiger partial charge in [-0.15, -0.1) is 0 Å². The summed E-state index contributed by atoms with van der Waals surface area (Å²) < 4.78 is 5.76. The molecule has 0 radical (unpaired) electrons. The van der Waals surface area contributed by atoms with Gasteiger partial charge in [-0.05, 0) is 75.1 Å². The Labute approximate surface area is 159 Å². The summed E-state index contributed by atoms with van der Waals surface area (Å²) in [4.78, 5) is 19.9. The number of rotatable bonds is 3. The number of carbonyl (C=O) groups is 1. The van der Waals surface area contributed by atoms with E-state index in [4.69, 9.17) is 4.74 Å². The van der Waals surface area contributed by atoms with E-state index in [1.807, 2.05) is 17.9 Å². The van der Waals surface area contributed by atoms with E-state index in [2.05, 4.69) is 31.8 Å². The first kappa shape index (κ1) is 17.6. The van der Waals surface area contributed by atoms with Gasteiger partial charge in [0.15, 0.2) is 0 Å². The SMILES string of the molecule is CCOc1cc2c3c(c1)C(C)CC(C)(C)N3C(=O)C2=Nc1ccc(O)cc1. The number of hydrogen-bond acceptors (Lipinski definition) is 4. The lowest BCUT2D eigenvalue weighted by molar-refractivity contribution is -0.113. The molecule has 0 saturated heterocycles. The number of carbonyl (C=O) groups excluding carboxylic acids is 1. The third-order valence-electron chi connectivity index (χ3n) is 5.34. The van der Waals surface area contributed by atoms with Crippen LogP contribution in [0.5, 0.6) is 11.5 Å². The maximum absolute atomic E-state index is 13.3. The highest BCUT2D eigenvalue weighted by Gasteiger charge is 2.48. The van der Waals surface area contributed by atoms with Gasteiger partial charge in [0.25, 0.3) is 5.91 Å². The van der Waals surface area contributed by atoms with Crippen molar-refractivity contribution in [3.63, 3.8) is 0 Å². The highest BCUT2D eigenvalue weighted by molar-refractivity contribution is 6.55. The Kier molecular flexibility index (Phi) is 3.98. The first-order chi connectivity index (χ1) is 12.8. The van der Waals surface area contributed by atoms with Crippen LogP contribution < -0.4 is 9.64 Å². The Hall–Kier alpha value is -2.82. The predicted octanol–water partition coefficient (Wildman–Crippen LogP) is 4.54. The molecule has 140 valence electrons. The average molecular weight is 364 g/mol. The van der Waals surface area contributed by atoms with Gasteiger partial charge < -0.3 is 14.7 Å². The maximum atomic E-state index is 13.3. The summed E-state index contributed by atoms with van der Waals surface area (Å²) >= 11 is 0. The Morgan fingerprint density at radius 2 is 1.96 bits per heavy atom. The molecule has 1 unspecified atom stereocenters. The molecule has 0 bridgehead atoms. The molecule has 1 atom stereocenters. The highest BCUT2D eigenvalue weighted by atomic mass is 16.5. The molecule has 5 heteroatoms. The zero-order valence-corrected chi connectivity index (χ0v) is 16.1. The van der Waals surface area contributed by atoms with Gasteiger partial charge in [-0.1, -0.05) is 6.92 Å². The number of hydrogen-bond donors (Lipinski definition) is 1. The molecule has 2 aromatic rings. The van der Waals surface area contributed by atoms with Crippen molar-refractivity contribution in [3.8, 4) is 11.5 Å². The van der Waals surface area contributed by atoms with Gasteiger partial charge in [0.1, 0.15) is 17.2 Å². The maximum Gasteiger partial charge on any atom is 0.278 e.